The quantitative estimate of drug-likeness (QED) is 0.354. The maximum absolute atomic E-state index is 13.2. The highest BCUT2D eigenvalue weighted by atomic mass is 127. The number of halogens is 2. The van der Waals surface area contributed by atoms with Gasteiger partial charge >= 0.3 is 0 Å². The Labute approximate surface area is 189 Å². The smallest absolute Gasteiger partial charge is 0.191 e. The molecule has 0 amide bonds. The van der Waals surface area contributed by atoms with Crippen LogP contribution in [0.4, 0.5) is 10.2 Å². The molecule has 3 rings (SSSR count). The molecule has 0 atom stereocenters. The van der Waals surface area contributed by atoms with Gasteiger partial charge in [0.25, 0.3) is 0 Å². The fourth-order valence-electron chi connectivity index (χ4n) is 3.28. The Morgan fingerprint density at radius 2 is 2.00 bits per heavy atom. The van der Waals surface area contributed by atoms with E-state index in [-0.39, 0.29) is 29.8 Å². The van der Waals surface area contributed by atoms with Crippen LogP contribution in [0.5, 0.6) is 0 Å². The van der Waals surface area contributed by atoms with Crippen LogP contribution < -0.4 is 15.5 Å². The van der Waals surface area contributed by atoms with Gasteiger partial charge in [0.1, 0.15) is 11.6 Å². The van der Waals surface area contributed by atoms with Crippen LogP contribution in [0.1, 0.15) is 16.7 Å². The first kappa shape index (κ1) is 23.3. The summed E-state index contributed by atoms with van der Waals surface area (Å²) in [7, 11) is 1.75. The molecule has 1 aromatic carbocycles. The predicted octanol–water partition coefficient (Wildman–Crippen LogP) is 2.89. The van der Waals surface area contributed by atoms with Crippen molar-refractivity contribution in [2.24, 2.45) is 4.99 Å². The van der Waals surface area contributed by atoms with Crippen LogP contribution >= 0.6 is 24.0 Å². The predicted molar refractivity (Wildman–Crippen MR) is 126 cm³/mol. The minimum absolute atomic E-state index is 0. The van der Waals surface area contributed by atoms with Crippen molar-refractivity contribution in [3.05, 3.63) is 59.0 Å². The van der Waals surface area contributed by atoms with E-state index in [1.165, 1.54) is 6.07 Å². The van der Waals surface area contributed by atoms with Crippen LogP contribution in [0, 0.1) is 12.7 Å². The van der Waals surface area contributed by atoms with Crippen molar-refractivity contribution >= 4 is 35.8 Å². The third-order valence-electron chi connectivity index (χ3n) is 4.84. The van der Waals surface area contributed by atoms with Crippen molar-refractivity contribution in [3.8, 4) is 0 Å². The Morgan fingerprint density at radius 1 is 1.21 bits per heavy atom. The number of pyridine rings is 1. The number of hydrogen-bond donors (Lipinski definition) is 2. The van der Waals surface area contributed by atoms with E-state index in [0.717, 1.165) is 67.7 Å². The molecule has 2 aromatic rings. The van der Waals surface area contributed by atoms with E-state index in [2.05, 4.69) is 31.6 Å². The monoisotopic (exact) mass is 513 g/mol. The first-order valence-corrected chi connectivity index (χ1v) is 9.63. The zero-order valence-corrected chi connectivity index (χ0v) is 19.3. The molecule has 0 saturated carbocycles. The Hall–Kier alpha value is -1.94. The average Bonchev–Trinajstić information content (AvgIpc) is 2.73. The molecule has 1 fully saturated rings. The molecule has 29 heavy (non-hydrogen) atoms. The standard InChI is InChI=1S/C21H28FN5O.HI/c1-16-14-19(22)6-5-17(16)7-9-25-21(23-2)26-15-18-4-3-8-24-20(18)27-10-12-28-13-11-27;/h3-6,8,14H,7,9-13,15H2,1-2H3,(H2,23,25,26);1H. The Morgan fingerprint density at radius 3 is 2.72 bits per heavy atom. The van der Waals surface area contributed by atoms with E-state index in [1.54, 1.807) is 13.1 Å². The largest absolute Gasteiger partial charge is 0.378 e. The number of aliphatic imine (C=N–C) groups is 1. The lowest BCUT2D eigenvalue weighted by Crippen LogP contribution is -2.40. The summed E-state index contributed by atoms with van der Waals surface area (Å²) < 4.78 is 18.7. The van der Waals surface area contributed by atoms with Gasteiger partial charge in [-0.15, -0.1) is 24.0 Å². The van der Waals surface area contributed by atoms with Crippen molar-refractivity contribution in [2.75, 3.05) is 44.8 Å². The zero-order chi connectivity index (χ0) is 19.8. The van der Waals surface area contributed by atoms with Gasteiger partial charge in [0.05, 0.1) is 13.2 Å². The summed E-state index contributed by atoms with van der Waals surface area (Å²) in [4.78, 5) is 11.1. The highest BCUT2D eigenvalue weighted by Gasteiger charge is 2.15. The number of nitrogens with zero attached hydrogens (tertiary/aromatic N) is 3. The van der Waals surface area contributed by atoms with Crippen molar-refractivity contribution < 1.29 is 9.13 Å². The lowest BCUT2D eigenvalue weighted by atomic mass is 10.1. The van der Waals surface area contributed by atoms with Gasteiger partial charge in [0, 0.05) is 45.0 Å². The second-order valence-electron chi connectivity index (χ2n) is 6.76. The summed E-state index contributed by atoms with van der Waals surface area (Å²) in [6.45, 7) is 6.46. The van der Waals surface area contributed by atoms with E-state index in [1.807, 2.05) is 25.3 Å². The minimum Gasteiger partial charge on any atom is -0.378 e. The first-order valence-electron chi connectivity index (χ1n) is 9.63. The first-order chi connectivity index (χ1) is 13.7. The molecule has 8 heteroatoms. The molecule has 0 bridgehead atoms. The molecule has 2 N–H and O–H groups in total. The summed E-state index contributed by atoms with van der Waals surface area (Å²) in [5.41, 5.74) is 3.23. The van der Waals surface area contributed by atoms with E-state index in [0.29, 0.717) is 6.54 Å². The zero-order valence-electron chi connectivity index (χ0n) is 16.9. The van der Waals surface area contributed by atoms with Gasteiger partial charge in [-0.1, -0.05) is 12.1 Å². The summed E-state index contributed by atoms with van der Waals surface area (Å²) in [5, 5.41) is 6.68. The van der Waals surface area contributed by atoms with Gasteiger partial charge in [-0.25, -0.2) is 9.37 Å². The van der Waals surface area contributed by atoms with Crippen molar-refractivity contribution in [1.29, 1.82) is 0 Å². The molecule has 6 nitrogen and oxygen atoms in total. The van der Waals surface area contributed by atoms with Gasteiger partial charge in [0.15, 0.2) is 5.96 Å². The lowest BCUT2D eigenvalue weighted by molar-refractivity contribution is 0.122. The van der Waals surface area contributed by atoms with Gasteiger partial charge in [-0.3, -0.25) is 4.99 Å². The number of hydrogen-bond acceptors (Lipinski definition) is 4. The lowest BCUT2D eigenvalue weighted by Gasteiger charge is -2.29. The minimum atomic E-state index is -0.195. The third-order valence-corrected chi connectivity index (χ3v) is 4.84. The molecular weight excluding hydrogens is 484 g/mol. The van der Waals surface area contributed by atoms with E-state index < -0.39 is 0 Å². The number of anilines is 1. The van der Waals surface area contributed by atoms with Crippen molar-refractivity contribution in [1.82, 2.24) is 15.6 Å². The Bertz CT molecular complexity index is 811. The molecule has 2 heterocycles. The van der Waals surface area contributed by atoms with Crippen LogP contribution in [-0.2, 0) is 17.7 Å². The number of morpholine rings is 1. The molecule has 0 unspecified atom stereocenters. The number of ether oxygens (including phenoxy) is 1. The van der Waals surface area contributed by atoms with Crippen LogP contribution in [0.25, 0.3) is 0 Å². The maximum atomic E-state index is 13.2. The molecule has 1 aliphatic heterocycles. The van der Waals surface area contributed by atoms with E-state index in [4.69, 9.17) is 4.74 Å². The summed E-state index contributed by atoms with van der Waals surface area (Å²) in [6, 6.07) is 8.95. The molecule has 1 aliphatic rings. The molecule has 1 aromatic heterocycles. The van der Waals surface area contributed by atoms with Gasteiger partial charge in [-0.2, -0.15) is 0 Å². The highest BCUT2D eigenvalue weighted by Crippen LogP contribution is 2.18. The van der Waals surface area contributed by atoms with Crippen LogP contribution in [0.15, 0.2) is 41.5 Å². The number of aryl methyl sites for hydroxylation is 1. The second kappa shape index (κ2) is 11.9. The molecule has 0 aliphatic carbocycles. The summed E-state index contributed by atoms with van der Waals surface area (Å²) >= 11 is 0. The summed E-state index contributed by atoms with van der Waals surface area (Å²) in [5.74, 6) is 1.53. The van der Waals surface area contributed by atoms with Crippen LogP contribution in [-0.4, -0.2) is 50.8 Å². The Balaban J connectivity index is 0.00000300. The second-order valence-corrected chi connectivity index (χ2v) is 6.76. The van der Waals surface area contributed by atoms with Gasteiger partial charge < -0.3 is 20.3 Å². The Kier molecular flexibility index (Phi) is 9.59. The summed E-state index contributed by atoms with van der Waals surface area (Å²) in [6.07, 6.45) is 2.63. The fraction of sp³-hybridized carbons (Fsp3) is 0.429. The van der Waals surface area contributed by atoms with E-state index in [9.17, 15) is 4.39 Å². The van der Waals surface area contributed by atoms with Crippen molar-refractivity contribution in [3.63, 3.8) is 0 Å². The SMILES string of the molecule is CN=C(NCCc1ccc(F)cc1C)NCc1cccnc1N1CCOCC1.I. The fourth-order valence-corrected chi connectivity index (χ4v) is 3.28. The molecule has 0 spiro atoms. The van der Waals surface area contributed by atoms with Crippen molar-refractivity contribution in [2.45, 2.75) is 19.9 Å². The molecule has 158 valence electrons. The number of rotatable bonds is 6. The number of guanidine groups is 1. The van der Waals surface area contributed by atoms with Crippen LogP contribution in [0.3, 0.4) is 0 Å². The highest BCUT2D eigenvalue weighted by molar-refractivity contribution is 14.0. The number of benzene rings is 1. The third kappa shape index (κ3) is 6.81. The van der Waals surface area contributed by atoms with E-state index >= 15 is 0 Å². The topological polar surface area (TPSA) is 61.8 Å². The normalized spacial score (nSPS) is 14.3. The molecule has 0 radical (unpaired) electrons. The molecular formula is C21H29FIN5O. The maximum Gasteiger partial charge on any atom is 0.191 e. The van der Waals surface area contributed by atoms with Gasteiger partial charge in [-0.05, 0) is 42.7 Å². The number of aromatic nitrogens is 1. The average molecular weight is 513 g/mol. The van der Waals surface area contributed by atoms with Crippen LogP contribution in [0.2, 0.25) is 0 Å². The molecule has 1 saturated heterocycles. The van der Waals surface area contributed by atoms with Gasteiger partial charge in [0.2, 0.25) is 0 Å². The number of nitrogens with one attached hydrogen (secondary N) is 2.